The molecular weight excluding hydrogens is 404 g/mol. The number of piperidine rings is 1. The van der Waals surface area contributed by atoms with Crippen molar-refractivity contribution in [1.82, 2.24) is 9.80 Å². The third-order valence-electron chi connectivity index (χ3n) is 6.79. The zero-order valence-electron chi connectivity index (χ0n) is 20.0. The number of likely N-dealkylation sites (N-methyl/N-ethyl adjacent to an activating group) is 1. The van der Waals surface area contributed by atoms with Crippen LogP contribution in [0.4, 0.5) is 0 Å². The Morgan fingerprint density at radius 3 is 2.30 bits per heavy atom. The van der Waals surface area contributed by atoms with Gasteiger partial charge >= 0.3 is 0 Å². The maximum absolute atomic E-state index is 12.8. The van der Waals surface area contributed by atoms with E-state index >= 15 is 0 Å². The third-order valence-corrected chi connectivity index (χ3v) is 6.79. The summed E-state index contributed by atoms with van der Waals surface area (Å²) in [6, 6.07) is 21.6. The number of allylic oxidation sites excluding steroid dienone is 3. The van der Waals surface area contributed by atoms with Crippen molar-refractivity contribution in [2.75, 3.05) is 33.2 Å². The predicted octanol–water partition coefficient (Wildman–Crippen LogP) is 6.19. The average molecular weight is 443 g/mol. The van der Waals surface area contributed by atoms with E-state index in [0.717, 1.165) is 38.2 Å². The van der Waals surface area contributed by atoms with Crippen LogP contribution in [0, 0.1) is 0 Å². The minimum Gasteiger partial charge on any atom is -0.345 e. The second-order valence-corrected chi connectivity index (χ2v) is 9.06. The lowest BCUT2D eigenvalue weighted by molar-refractivity contribution is -0.129. The van der Waals surface area contributed by atoms with Gasteiger partial charge in [-0.15, -0.1) is 0 Å². The van der Waals surface area contributed by atoms with E-state index < -0.39 is 0 Å². The number of nitrogens with zero attached hydrogens (tertiary/aromatic N) is 2. The summed E-state index contributed by atoms with van der Waals surface area (Å²) in [5.41, 5.74) is 3.69. The van der Waals surface area contributed by atoms with Gasteiger partial charge in [0, 0.05) is 19.5 Å². The first-order valence-corrected chi connectivity index (χ1v) is 12.1. The molecule has 0 bridgehead atoms. The molecule has 1 amide bonds. The molecule has 1 aliphatic heterocycles. The molecular formula is C30H38N2O. The topological polar surface area (TPSA) is 23.6 Å². The highest BCUT2D eigenvalue weighted by Gasteiger charge is 2.23. The summed E-state index contributed by atoms with van der Waals surface area (Å²) in [5, 5.41) is 0. The van der Waals surface area contributed by atoms with E-state index in [-0.39, 0.29) is 5.91 Å². The van der Waals surface area contributed by atoms with E-state index in [9.17, 15) is 4.79 Å². The second-order valence-electron chi connectivity index (χ2n) is 9.06. The van der Waals surface area contributed by atoms with Crippen LogP contribution in [0.25, 0.3) is 0 Å². The lowest BCUT2D eigenvalue weighted by Gasteiger charge is -2.33. The van der Waals surface area contributed by atoms with Gasteiger partial charge in [-0.2, -0.15) is 0 Å². The van der Waals surface area contributed by atoms with Crippen molar-refractivity contribution in [1.29, 1.82) is 0 Å². The highest BCUT2D eigenvalue weighted by atomic mass is 16.2. The summed E-state index contributed by atoms with van der Waals surface area (Å²) in [7, 11) is 1.91. The average Bonchev–Trinajstić information content (AvgIpc) is 2.87. The largest absolute Gasteiger partial charge is 0.345 e. The molecule has 0 radical (unpaired) electrons. The Balaban J connectivity index is 1.57. The van der Waals surface area contributed by atoms with E-state index in [1.54, 1.807) is 12.2 Å². The van der Waals surface area contributed by atoms with Crippen LogP contribution in [0.2, 0.25) is 0 Å². The van der Waals surface area contributed by atoms with E-state index in [1.165, 1.54) is 24.0 Å². The summed E-state index contributed by atoms with van der Waals surface area (Å²) < 4.78 is 0. The van der Waals surface area contributed by atoms with Gasteiger partial charge in [-0.25, -0.2) is 0 Å². The Morgan fingerprint density at radius 1 is 1.06 bits per heavy atom. The number of hydrogen-bond donors (Lipinski definition) is 0. The number of benzene rings is 2. The van der Waals surface area contributed by atoms with Crippen LogP contribution in [0.5, 0.6) is 0 Å². The van der Waals surface area contributed by atoms with Gasteiger partial charge in [0.1, 0.15) is 0 Å². The number of carbonyl (C=O) groups is 1. The number of rotatable bonds is 11. The molecule has 174 valence electrons. The van der Waals surface area contributed by atoms with E-state index in [4.69, 9.17) is 0 Å². The van der Waals surface area contributed by atoms with Gasteiger partial charge in [0.05, 0.1) is 6.42 Å². The molecule has 1 atom stereocenters. The summed E-state index contributed by atoms with van der Waals surface area (Å²) >= 11 is 0. The molecule has 1 unspecified atom stereocenters. The molecule has 0 spiro atoms. The van der Waals surface area contributed by atoms with Crippen LogP contribution < -0.4 is 0 Å². The molecule has 0 N–H and O–H groups in total. The standard InChI is InChI=1S/C30H38N2O/c1-4-12-25(5-2)23-30(33)31(3)24-29(27-15-10-7-11-16-27)19-22-32-20-17-28(18-21-32)26-13-8-6-9-14-26/h4-16,28-29H,1-2,17-24H2,3H3/b25-12+. The molecule has 3 rings (SSSR count). The molecule has 1 aliphatic rings. The quantitative estimate of drug-likeness (QED) is 0.388. The molecule has 1 heterocycles. The van der Waals surface area contributed by atoms with E-state index in [0.29, 0.717) is 18.3 Å². The minimum absolute atomic E-state index is 0.118. The fourth-order valence-electron chi connectivity index (χ4n) is 4.73. The molecule has 3 nitrogen and oxygen atoms in total. The number of carbonyl (C=O) groups excluding carboxylic acids is 1. The lowest BCUT2D eigenvalue weighted by atomic mass is 9.89. The molecule has 33 heavy (non-hydrogen) atoms. The third kappa shape index (κ3) is 7.57. The molecule has 0 saturated carbocycles. The van der Waals surface area contributed by atoms with Crippen molar-refractivity contribution in [3.63, 3.8) is 0 Å². The maximum Gasteiger partial charge on any atom is 0.226 e. The Labute approximate surface area is 200 Å². The highest BCUT2D eigenvalue weighted by molar-refractivity contribution is 5.79. The normalized spacial score (nSPS) is 16.2. The van der Waals surface area contributed by atoms with Crippen molar-refractivity contribution in [3.8, 4) is 0 Å². The Kier molecular flexibility index (Phi) is 9.71. The van der Waals surface area contributed by atoms with Crippen molar-refractivity contribution in [2.45, 2.75) is 37.5 Å². The highest BCUT2D eigenvalue weighted by Crippen LogP contribution is 2.29. The van der Waals surface area contributed by atoms with Crippen LogP contribution in [0.3, 0.4) is 0 Å². The number of hydrogen-bond acceptors (Lipinski definition) is 2. The van der Waals surface area contributed by atoms with Crippen LogP contribution in [0.15, 0.2) is 97.6 Å². The van der Waals surface area contributed by atoms with Gasteiger partial charge in [-0.1, -0.05) is 92.0 Å². The van der Waals surface area contributed by atoms with Crippen LogP contribution in [0.1, 0.15) is 48.6 Å². The van der Waals surface area contributed by atoms with Crippen LogP contribution in [-0.4, -0.2) is 48.9 Å². The first-order chi connectivity index (χ1) is 16.1. The SMILES string of the molecule is C=C/C=C(\C=C)CC(=O)N(C)CC(CCN1CCC(c2ccccc2)CC1)c1ccccc1. The van der Waals surface area contributed by atoms with E-state index in [2.05, 4.69) is 78.7 Å². The molecule has 2 aromatic rings. The van der Waals surface area contributed by atoms with Gasteiger partial charge < -0.3 is 9.80 Å². The first-order valence-electron chi connectivity index (χ1n) is 12.1. The van der Waals surface area contributed by atoms with Gasteiger partial charge in [0.15, 0.2) is 0 Å². The van der Waals surface area contributed by atoms with Crippen molar-refractivity contribution in [2.24, 2.45) is 0 Å². The minimum atomic E-state index is 0.118. The summed E-state index contributed by atoms with van der Waals surface area (Å²) in [6.07, 6.45) is 9.15. The Morgan fingerprint density at radius 2 is 1.70 bits per heavy atom. The maximum atomic E-state index is 12.8. The van der Waals surface area contributed by atoms with Gasteiger partial charge in [-0.05, 0) is 61.5 Å². The Bertz CT molecular complexity index is 911. The molecule has 1 fully saturated rings. The first kappa shape index (κ1) is 24.7. The predicted molar refractivity (Wildman–Crippen MR) is 139 cm³/mol. The summed E-state index contributed by atoms with van der Waals surface area (Å²) in [4.78, 5) is 17.3. The molecule has 0 aromatic heterocycles. The van der Waals surface area contributed by atoms with E-state index in [1.807, 2.05) is 18.0 Å². The van der Waals surface area contributed by atoms with Crippen molar-refractivity contribution < 1.29 is 4.79 Å². The van der Waals surface area contributed by atoms with Gasteiger partial charge in [0.25, 0.3) is 0 Å². The number of likely N-dealkylation sites (tertiary alicyclic amines) is 1. The zero-order chi connectivity index (χ0) is 23.5. The fraction of sp³-hybridized carbons (Fsp3) is 0.367. The van der Waals surface area contributed by atoms with Gasteiger partial charge in [0.2, 0.25) is 5.91 Å². The number of amides is 1. The fourth-order valence-corrected chi connectivity index (χ4v) is 4.73. The summed E-state index contributed by atoms with van der Waals surface area (Å²) in [5.74, 6) is 1.12. The lowest BCUT2D eigenvalue weighted by Crippen LogP contribution is -2.36. The van der Waals surface area contributed by atoms with Crippen molar-refractivity contribution >= 4 is 5.91 Å². The smallest absolute Gasteiger partial charge is 0.226 e. The van der Waals surface area contributed by atoms with Crippen molar-refractivity contribution in [3.05, 3.63) is 109 Å². The van der Waals surface area contributed by atoms with Gasteiger partial charge in [-0.3, -0.25) is 4.79 Å². The summed E-state index contributed by atoms with van der Waals surface area (Å²) in [6.45, 7) is 11.6. The molecule has 0 aliphatic carbocycles. The van der Waals surface area contributed by atoms with Crippen LogP contribution >= 0.6 is 0 Å². The molecule has 2 aromatic carbocycles. The molecule has 1 saturated heterocycles. The molecule has 3 heteroatoms. The van der Waals surface area contributed by atoms with Crippen LogP contribution in [-0.2, 0) is 4.79 Å². The Hall–Kier alpha value is -2.91. The zero-order valence-corrected chi connectivity index (χ0v) is 20.0. The monoisotopic (exact) mass is 442 g/mol. The second kappa shape index (κ2) is 13.0.